The van der Waals surface area contributed by atoms with Gasteiger partial charge in [-0.25, -0.2) is 0 Å². The van der Waals surface area contributed by atoms with Crippen LogP contribution in [-0.4, -0.2) is 30.3 Å². The molecule has 0 radical (unpaired) electrons. The van der Waals surface area contributed by atoms with E-state index in [1.807, 2.05) is 31.3 Å². The number of H-pyrrole nitrogens is 1. The van der Waals surface area contributed by atoms with Gasteiger partial charge in [0.05, 0.1) is 6.20 Å². The minimum absolute atomic E-state index is 0.758. The minimum atomic E-state index is 0.758. The van der Waals surface area contributed by atoms with E-state index in [1.54, 1.807) is 0 Å². The number of para-hydroxylation sites is 1. The van der Waals surface area contributed by atoms with Gasteiger partial charge in [0.25, 0.3) is 0 Å². The molecule has 1 aromatic carbocycles. The molecule has 0 saturated carbocycles. The van der Waals surface area contributed by atoms with Crippen LogP contribution in [-0.2, 0) is 6.54 Å². The summed E-state index contributed by atoms with van der Waals surface area (Å²) < 4.78 is 5.66. The molecule has 3 rings (SSSR count). The van der Waals surface area contributed by atoms with Crippen molar-refractivity contribution in [2.75, 3.05) is 25.0 Å². The van der Waals surface area contributed by atoms with Crippen LogP contribution in [0, 0.1) is 6.92 Å². The molecule has 0 aliphatic rings. The normalized spacial score (nSPS) is 10.9. The quantitative estimate of drug-likeness (QED) is 0.658. The topological polar surface area (TPSA) is 57.1 Å². The van der Waals surface area contributed by atoms with E-state index in [9.17, 15) is 0 Å². The maximum Gasteiger partial charge on any atom is 0.152 e. The molecule has 0 atom stereocenters. The van der Waals surface area contributed by atoms with Gasteiger partial charge in [-0.15, -0.1) is 0 Å². The van der Waals surface area contributed by atoms with Crippen molar-refractivity contribution >= 4 is 5.69 Å². The van der Waals surface area contributed by atoms with E-state index in [-0.39, 0.29) is 0 Å². The molecule has 0 aliphatic heterocycles. The van der Waals surface area contributed by atoms with Crippen molar-refractivity contribution in [3.05, 3.63) is 60.0 Å². The first-order chi connectivity index (χ1) is 11.2. The zero-order valence-electron chi connectivity index (χ0n) is 13.5. The van der Waals surface area contributed by atoms with Crippen LogP contribution in [0.4, 0.5) is 5.69 Å². The second kappa shape index (κ2) is 7.15. The van der Waals surface area contributed by atoms with Crippen LogP contribution in [0.5, 0.6) is 0 Å². The lowest BCUT2D eigenvalue weighted by molar-refractivity contribution is 0.545. The first-order valence-electron chi connectivity index (χ1n) is 7.80. The number of likely N-dealkylation sites (N-methyl/N-ethyl adjacent to an activating group) is 1. The third-order valence-electron chi connectivity index (χ3n) is 3.84. The van der Waals surface area contributed by atoms with Crippen molar-refractivity contribution < 1.29 is 4.42 Å². The van der Waals surface area contributed by atoms with Crippen LogP contribution in [0.2, 0.25) is 0 Å². The monoisotopic (exact) mass is 310 g/mol. The predicted molar refractivity (Wildman–Crippen MR) is 92.4 cm³/mol. The van der Waals surface area contributed by atoms with Crippen molar-refractivity contribution in [2.45, 2.75) is 13.5 Å². The van der Waals surface area contributed by atoms with Crippen LogP contribution in [0.15, 0.2) is 53.1 Å². The summed E-state index contributed by atoms with van der Waals surface area (Å²) in [6, 6.07) is 14.3. The van der Waals surface area contributed by atoms with E-state index < -0.39 is 0 Å². The highest BCUT2D eigenvalue weighted by atomic mass is 16.3. The number of nitrogens with zero attached hydrogens (tertiary/aromatic N) is 2. The number of hydrogen-bond donors (Lipinski definition) is 2. The molecule has 5 heteroatoms. The molecule has 2 N–H and O–H groups in total. The first kappa shape index (κ1) is 15.4. The third kappa shape index (κ3) is 3.81. The molecule has 0 saturated heterocycles. The zero-order valence-corrected chi connectivity index (χ0v) is 13.5. The predicted octanol–water partition coefficient (Wildman–Crippen LogP) is 3.20. The lowest BCUT2D eigenvalue weighted by Crippen LogP contribution is -2.28. The SMILES string of the molecule is Cc1ccc(-c2[nH]ncc2CNCCN(C)c2ccccc2)o1. The highest BCUT2D eigenvalue weighted by molar-refractivity contribution is 5.56. The van der Waals surface area contributed by atoms with E-state index in [4.69, 9.17) is 4.42 Å². The minimum Gasteiger partial charge on any atom is -0.460 e. The Labute approximate surface area is 136 Å². The number of nitrogens with one attached hydrogen (secondary N) is 2. The Bertz CT molecular complexity index is 732. The highest BCUT2D eigenvalue weighted by Crippen LogP contribution is 2.23. The van der Waals surface area contributed by atoms with Crippen molar-refractivity contribution in [3.8, 4) is 11.5 Å². The van der Waals surface area contributed by atoms with Crippen LogP contribution < -0.4 is 10.2 Å². The maximum absolute atomic E-state index is 5.66. The summed E-state index contributed by atoms with van der Waals surface area (Å²) in [5.74, 6) is 1.73. The molecule has 120 valence electrons. The first-order valence-corrected chi connectivity index (χ1v) is 7.80. The Morgan fingerprint density at radius 2 is 2.00 bits per heavy atom. The molecule has 0 fully saturated rings. The third-order valence-corrected chi connectivity index (χ3v) is 3.84. The number of rotatable bonds is 7. The van der Waals surface area contributed by atoms with E-state index in [1.165, 1.54) is 5.69 Å². The summed E-state index contributed by atoms with van der Waals surface area (Å²) in [4.78, 5) is 2.24. The summed E-state index contributed by atoms with van der Waals surface area (Å²) in [5.41, 5.74) is 3.29. The number of benzene rings is 1. The van der Waals surface area contributed by atoms with Crippen molar-refractivity contribution in [3.63, 3.8) is 0 Å². The molecule has 0 bridgehead atoms. The van der Waals surface area contributed by atoms with Gasteiger partial charge in [0.15, 0.2) is 5.76 Å². The van der Waals surface area contributed by atoms with Gasteiger partial charge < -0.3 is 14.6 Å². The number of aromatic nitrogens is 2. The summed E-state index contributed by atoms with van der Waals surface area (Å²) >= 11 is 0. The van der Waals surface area contributed by atoms with Crippen molar-refractivity contribution in [1.29, 1.82) is 0 Å². The summed E-state index contributed by atoms with van der Waals surface area (Å²) in [6.07, 6.45) is 1.85. The van der Waals surface area contributed by atoms with Crippen molar-refractivity contribution in [2.24, 2.45) is 0 Å². The number of aryl methyl sites for hydroxylation is 1. The number of anilines is 1. The summed E-state index contributed by atoms with van der Waals surface area (Å²) in [7, 11) is 2.10. The molecular weight excluding hydrogens is 288 g/mol. The van der Waals surface area contributed by atoms with Gasteiger partial charge in [-0.05, 0) is 31.2 Å². The maximum atomic E-state index is 5.66. The van der Waals surface area contributed by atoms with Gasteiger partial charge in [-0.3, -0.25) is 5.10 Å². The second-order valence-electron chi connectivity index (χ2n) is 5.61. The smallest absolute Gasteiger partial charge is 0.152 e. The number of hydrogen-bond acceptors (Lipinski definition) is 4. The fourth-order valence-corrected chi connectivity index (χ4v) is 2.51. The Hall–Kier alpha value is -2.53. The largest absolute Gasteiger partial charge is 0.460 e. The van der Waals surface area contributed by atoms with Gasteiger partial charge in [0.2, 0.25) is 0 Å². The molecule has 2 aromatic heterocycles. The summed E-state index contributed by atoms with van der Waals surface area (Å²) in [6.45, 7) is 4.54. The fourth-order valence-electron chi connectivity index (χ4n) is 2.51. The molecule has 2 heterocycles. The molecule has 5 nitrogen and oxygen atoms in total. The van der Waals surface area contributed by atoms with Crippen LogP contribution in [0.3, 0.4) is 0 Å². The Kier molecular flexibility index (Phi) is 4.78. The summed E-state index contributed by atoms with van der Waals surface area (Å²) in [5, 5.41) is 10.6. The molecule has 0 amide bonds. The Balaban J connectivity index is 1.51. The van der Waals surface area contributed by atoms with E-state index >= 15 is 0 Å². The van der Waals surface area contributed by atoms with Crippen molar-refractivity contribution in [1.82, 2.24) is 15.5 Å². The van der Waals surface area contributed by atoms with Crippen LogP contribution >= 0.6 is 0 Å². The van der Waals surface area contributed by atoms with Gasteiger partial charge in [-0.1, -0.05) is 18.2 Å². The Morgan fingerprint density at radius 1 is 1.17 bits per heavy atom. The molecule has 0 spiro atoms. The van der Waals surface area contributed by atoms with Gasteiger partial charge >= 0.3 is 0 Å². The average Bonchev–Trinajstić information content (AvgIpc) is 3.20. The van der Waals surface area contributed by atoms with Gasteiger partial charge in [0.1, 0.15) is 11.5 Å². The van der Waals surface area contributed by atoms with Crippen LogP contribution in [0.25, 0.3) is 11.5 Å². The standard InChI is InChI=1S/C18H22N4O/c1-14-8-9-17(23-14)18-15(13-20-21-18)12-19-10-11-22(2)16-6-4-3-5-7-16/h3-9,13,19H,10-12H2,1-2H3,(H,20,21). The zero-order chi connectivity index (χ0) is 16.1. The van der Waals surface area contributed by atoms with Crippen LogP contribution in [0.1, 0.15) is 11.3 Å². The highest BCUT2D eigenvalue weighted by Gasteiger charge is 2.10. The molecular formula is C18H22N4O. The van der Waals surface area contributed by atoms with Gasteiger partial charge in [0, 0.05) is 37.9 Å². The Morgan fingerprint density at radius 3 is 2.74 bits per heavy atom. The average molecular weight is 310 g/mol. The molecule has 3 aromatic rings. The molecule has 0 aliphatic carbocycles. The van der Waals surface area contributed by atoms with E-state index in [0.29, 0.717) is 0 Å². The van der Waals surface area contributed by atoms with E-state index in [2.05, 4.69) is 51.7 Å². The lowest BCUT2D eigenvalue weighted by Gasteiger charge is -2.19. The lowest BCUT2D eigenvalue weighted by atomic mass is 10.2. The molecule has 0 unspecified atom stereocenters. The number of aromatic amines is 1. The van der Waals surface area contributed by atoms with Gasteiger partial charge in [-0.2, -0.15) is 5.10 Å². The van der Waals surface area contributed by atoms with E-state index in [0.717, 1.165) is 42.4 Å². The second-order valence-corrected chi connectivity index (χ2v) is 5.61. The number of furan rings is 1. The fraction of sp³-hybridized carbons (Fsp3) is 0.278. The molecule has 23 heavy (non-hydrogen) atoms.